The number of halogens is 7. The zero-order valence-electron chi connectivity index (χ0n) is 19.1. The van der Waals surface area contributed by atoms with Crippen molar-refractivity contribution in [2.24, 2.45) is 0 Å². The number of ether oxygens (including phenoxy) is 2. The number of nitrogens with one attached hydrogen (secondary N) is 1. The molecule has 0 atom stereocenters. The highest BCUT2D eigenvalue weighted by atomic mass is 19.4. The van der Waals surface area contributed by atoms with Crippen LogP contribution >= 0.6 is 0 Å². The fourth-order valence-corrected chi connectivity index (χ4v) is 3.41. The molecule has 0 radical (unpaired) electrons. The Morgan fingerprint density at radius 1 is 1.11 bits per heavy atom. The lowest BCUT2D eigenvalue weighted by Gasteiger charge is -2.19. The van der Waals surface area contributed by atoms with E-state index < -0.39 is 36.8 Å². The van der Waals surface area contributed by atoms with Crippen molar-refractivity contribution in [1.29, 1.82) is 0 Å². The van der Waals surface area contributed by atoms with Crippen LogP contribution in [0.5, 0.6) is 5.75 Å². The average Bonchev–Trinajstić information content (AvgIpc) is 3.29. The highest BCUT2D eigenvalue weighted by molar-refractivity contribution is 6.04. The third kappa shape index (κ3) is 7.53. The van der Waals surface area contributed by atoms with Crippen LogP contribution in [0.15, 0.2) is 36.7 Å². The van der Waals surface area contributed by atoms with Gasteiger partial charge in [-0.3, -0.25) is 4.79 Å². The number of carbonyl (C=O) groups excluding carboxylic acids is 1. The van der Waals surface area contributed by atoms with Gasteiger partial charge in [0.1, 0.15) is 11.5 Å². The number of carboxylic acid groups (broad SMARTS) is 1. The molecule has 3 aromatic rings. The topological polar surface area (TPSA) is 115 Å². The zero-order chi connectivity index (χ0) is 28.0. The number of carboxylic acids is 1. The number of aliphatic carboxylic acids is 1. The fraction of sp³-hybridized carbons (Fsp3) is 0.364. The molecule has 38 heavy (non-hydrogen) atoms. The van der Waals surface area contributed by atoms with Crippen LogP contribution in [0.3, 0.4) is 0 Å². The van der Waals surface area contributed by atoms with Crippen molar-refractivity contribution in [3.8, 4) is 5.75 Å². The third-order valence-electron chi connectivity index (χ3n) is 5.13. The van der Waals surface area contributed by atoms with Crippen LogP contribution in [0.2, 0.25) is 0 Å². The van der Waals surface area contributed by atoms with E-state index in [-0.39, 0.29) is 28.7 Å². The molecular weight excluding hydrogens is 533 g/mol. The van der Waals surface area contributed by atoms with Gasteiger partial charge in [0, 0.05) is 31.5 Å². The van der Waals surface area contributed by atoms with Crippen LogP contribution in [0.25, 0.3) is 5.65 Å². The van der Waals surface area contributed by atoms with E-state index in [0.29, 0.717) is 18.9 Å². The van der Waals surface area contributed by atoms with E-state index in [1.807, 2.05) is 0 Å². The lowest BCUT2D eigenvalue weighted by Crippen LogP contribution is -2.21. The van der Waals surface area contributed by atoms with Gasteiger partial charge >= 0.3 is 18.8 Å². The van der Waals surface area contributed by atoms with Crippen LogP contribution in [-0.4, -0.2) is 57.4 Å². The maximum atomic E-state index is 13.0. The highest BCUT2D eigenvalue weighted by Crippen LogP contribution is 2.30. The number of rotatable bonds is 6. The molecule has 0 aliphatic carbocycles. The summed E-state index contributed by atoms with van der Waals surface area (Å²) < 4.78 is 94.7. The minimum Gasteiger partial charge on any atom is -0.475 e. The Labute approximate surface area is 209 Å². The van der Waals surface area contributed by atoms with Crippen LogP contribution < -0.4 is 10.1 Å². The van der Waals surface area contributed by atoms with Crippen molar-refractivity contribution in [2.45, 2.75) is 38.0 Å². The summed E-state index contributed by atoms with van der Waals surface area (Å²) in [6.45, 7) is -1.95. The van der Waals surface area contributed by atoms with Gasteiger partial charge in [-0.25, -0.2) is 23.5 Å². The molecule has 0 bridgehead atoms. The maximum absolute atomic E-state index is 13.0. The number of pyridine rings is 2. The first-order valence-corrected chi connectivity index (χ1v) is 10.8. The van der Waals surface area contributed by atoms with Gasteiger partial charge in [-0.2, -0.15) is 22.0 Å². The second-order valence-corrected chi connectivity index (χ2v) is 7.76. The molecule has 1 aliphatic heterocycles. The first-order chi connectivity index (χ1) is 17.8. The molecule has 206 valence electrons. The van der Waals surface area contributed by atoms with Crippen LogP contribution in [0.1, 0.15) is 46.9 Å². The van der Waals surface area contributed by atoms with Crippen molar-refractivity contribution in [3.63, 3.8) is 0 Å². The smallest absolute Gasteiger partial charge is 0.475 e. The SMILES string of the molecule is O=C(Nc1cccc(C(F)F)n1)c1cc(OC(F)F)c2nc(C3CCOCC3)cn2c1.O=C(O)C(F)(F)F. The van der Waals surface area contributed by atoms with Crippen molar-refractivity contribution < 1.29 is 54.9 Å². The molecule has 1 amide bonds. The number of amides is 1. The Hall–Kier alpha value is -3.95. The maximum Gasteiger partial charge on any atom is 0.490 e. The van der Waals surface area contributed by atoms with Crippen LogP contribution in [-0.2, 0) is 9.53 Å². The summed E-state index contributed by atoms with van der Waals surface area (Å²) in [7, 11) is 0. The van der Waals surface area contributed by atoms with Gasteiger partial charge in [0.25, 0.3) is 12.3 Å². The molecule has 1 saturated heterocycles. The second kappa shape index (κ2) is 12.1. The Bertz CT molecular complexity index is 1280. The van der Waals surface area contributed by atoms with E-state index in [9.17, 15) is 35.5 Å². The number of hydrogen-bond donors (Lipinski definition) is 2. The number of fused-ring (bicyclic) bond motifs is 1. The minimum atomic E-state index is -5.08. The zero-order valence-corrected chi connectivity index (χ0v) is 19.1. The average molecular weight is 552 g/mol. The van der Waals surface area contributed by atoms with Gasteiger partial charge in [-0.15, -0.1) is 0 Å². The van der Waals surface area contributed by atoms with Crippen molar-refractivity contribution >= 4 is 23.3 Å². The van der Waals surface area contributed by atoms with Crippen LogP contribution in [0, 0.1) is 0 Å². The number of aromatic nitrogens is 3. The van der Waals surface area contributed by atoms with E-state index in [1.165, 1.54) is 22.7 Å². The van der Waals surface area contributed by atoms with Crippen LogP contribution in [0.4, 0.5) is 36.6 Å². The van der Waals surface area contributed by atoms with Gasteiger partial charge in [0.05, 0.1) is 11.3 Å². The van der Waals surface area contributed by atoms with E-state index in [2.05, 4.69) is 20.0 Å². The monoisotopic (exact) mass is 552 g/mol. The molecule has 0 unspecified atom stereocenters. The van der Waals surface area contributed by atoms with Gasteiger partial charge < -0.3 is 24.3 Å². The Morgan fingerprint density at radius 3 is 2.34 bits per heavy atom. The number of alkyl halides is 7. The molecular formula is C22H19F7N4O5. The van der Waals surface area contributed by atoms with E-state index in [4.69, 9.17) is 14.6 Å². The van der Waals surface area contributed by atoms with Gasteiger partial charge in [-0.1, -0.05) is 6.07 Å². The second-order valence-electron chi connectivity index (χ2n) is 7.76. The predicted octanol–water partition coefficient (Wildman–Crippen LogP) is 5.05. The quantitative estimate of drug-likeness (QED) is 0.412. The summed E-state index contributed by atoms with van der Waals surface area (Å²) in [5.41, 5.74) is 0.316. The predicted molar refractivity (Wildman–Crippen MR) is 115 cm³/mol. The number of anilines is 1. The van der Waals surface area contributed by atoms with Crippen molar-refractivity contribution in [1.82, 2.24) is 14.4 Å². The molecule has 0 spiro atoms. The molecule has 2 N–H and O–H groups in total. The fourth-order valence-electron chi connectivity index (χ4n) is 3.41. The molecule has 0 aromatic carbocycles. The van der Waals surface area contributed by atoms with E-state index in [0.717, 1.165) is 25.0 Å². The first kappa shape index (κ1) is 28.6. The molecule has 16 heteroatoms. The Balaban J connectivity index is 0.000000505. The molecule has 4 rings (SSSR count). The first-order valence-electron chi connectivity index (χ1n) is 10.8. The minimum absolute atomic E-state index is 0.0247. The van der Waals surface area contributed by atoms with Crippen molar-refractivity contribution in [3.05, 3.63) is 53.6 Å². The lowest BCUT2D eigenvalue weighted by atomic mass is 9.97. The van der Waals surface area contributed by atoms with Gasteiger partial charge in [0.15, 0.2) is 11.4 Å². The summed E-state index contributed by atoms with van der Waals surface area (Å²) >= 11 is 0. The normalized spacial score (nSPS) is 14.3. The molecule has 1 fully saturated rings. The molecule has 1 aliphatic rings. The standard InChI is InChI=1S/C20H18F4N4O3.C2HF3O2/c21-17(22)13-2-1-3-16(25-13)27-19(29)12-8-15(31-20(23)24)18-26-14(10-28(18)9-12)11-4-6-30-7-5-11;3-2(4,5)1(6)7/h1-3,8-11,17,20H,4-7H2,(H,25,27,29);(H,6,7). The summed E-state index contributed by atoms with van der Waals surface area (Å²) in [4.78, 5) is 29.6. The summed E-state index contributed by atoms with van der Waals surface area (Å²) in [5, 5.41) is 9.52. The summed E-state index contributed by atoms with van der Waals surface area (Å²) in [6.07, 6.45) is -3.32. The molecule has 9 nitrogen and oxygen atoms in total. The molecule has 4 heterocycles. The molecule has 0 saturated carbocycles. The van der Waals surface area contributed by atoms with Gasteiger partial charge in [0.2, 0.25) is 0 Å². The lowest BCUT2D eigenvalue weighted by molar-refractivity contribution is -0.192. The Kier molecular flexibility index (Phi) is 9.08. The number of carbonyl (C=O) groups is 2. The Morgan fingerprint density at radius 2 is 1.76 bits per heavy atom. The highest BCUT2D eigenvalue weighted by Gasteiger charge is 2.38. The number of hydrogen-bond acceptors (Lipinski definition) is 6. The summed E-state index contributed by atoms with van der Waals surface area (Å²) in [5.74, 6) is -3.73. The van der Waals surface area contributed by atoms with E-state index in [1.54, 1.807) is 6.20 Å². The summed E-state index contributed by atoms with van der Waals surface area (Å²) in [6, 6.07) is 4.94. The van der Waals surface area contributed by atoms with Gasteiger partial charge in [-0.05, 0) is 31.0 Å². The third-order valence-corrected chi connectivity index (χ3v) is 5.13. The number of nitrogens with zero attached hydrogens (tertiary/aromatic N) is 3. The number of imidazole rings is 1. The van der Waals surface area contributed by atoms with Crippen molar-refractivity contribution in [2.75, 3.05) is 18.5 Å². The largest absolute Gasteiger partial charge is 0.490 e. The molecule has 3 aromatic heterocycles. The van der Waals surface area contributed by atoms with E-state index >= 15 is 0 Å².